The molecular formula is C19H19N5O3S. The maximum Gasteiger partial charge on any atom is 0.248 e. The number of amides is 1. The molecule has 0 aromatic carbocycles. The number of nitrogens with one attached hydrogen (secondary N) is 1. The van der Waals surface area contributed by atoms with E-state index in [-0.39, 0.29) is 12.5 Å². The third kappa shape index (κ3) is 3.86. The average Bonchev–Trinajstić information content (AvgIpc) is 3.15. The molecule has 1 amide bonds. The standard InChI is InChI=1S/C19H19N5O3S/c1-24-16-15(6-4-8-21-16)27-11-14(19(24)26)23-17(25)18-22-10-13(28-18)9-12-5-2-3-7-20-12/h2-8,10,14,17,23,25H,9,11H2,1H3/t14-,17?/m0/s1. The molecule has 0 fully saturated rings. The van der Waals surface area contributed by atoms with Crippen LogP contribution in [0.25, 0.3) is 0 Å². The Kier molecular flexibility index (Phi) is 5.29. The minimum Gasteiger partial charge on any atom is -0.488 e. The molecule has 1 aliphatic heterocycles. The van der Waals surface area contributed by atoms with Gasteiger partial charge in [-0.3, -0.25) is 20.0 Å². The zero-order chi connectivity index (χ0) is 19.5. The molecule has 8 nitrogen and oxygen atoms in total. The summed E-state index contributed by atoms with van der Waals surface area (Å²) in [4.78, 5) is 27.9. The molecule has 0 radical (unpaired) electrons. The number of aromatic nitrogens is 3. The first-order chi connectivity index (χ1) is 13.6. The van der Waals surface area contributed by atoms with Gasteiger partial charge in [0.2, 0.25) is 5.91 Å². The molecule has 3 aromatic rings. The smallest absolute Gasteiger partial charge is 0.248 e. The molecule has 9 heteroatoms. The van der Waals surface area contributed by atoms with Gasteiger partial charge in [-0.05, 0) is 24.3 Å². The van der Waals surface area contributed by atoms with Crippen LogP contribution in [-0.4, -0.2) is 45.7 Å². The number of carbonyl (C=O) groups excluding carboxylic acids is 1. The molecule has 0 saturated carbocycles. The number of nitrogens with zero attached hydrogens (tertiary/aromatic N) is 4. The van der Waals surface area contributed by atoms with Gasteiger partial charge in [0.1, 0.15) is 17.7 Å². The molecule has 2 atom stereocenters. The van der Waals surface area contributed by atoms with E-state index in [0.29, 0.717) is 23.0 Å². The van der Waals surface area contributed by atoms with Crippen molar-refractivity contribution in [3.05, 3.63) is 64.5 Å². The van der Waals surface area contributed by atoms with Gasteiger partial charge < -0.3 is 9.84 Å². The molecule has 28 heavy (non-hydrogen) atoms. The fourth-order valence-electron chi connectivity index (χ4n) is 2.92. The summed E-state index contributed by atoms with van der Waals surface area (Å²) >= 11 is 1.38. The van der Waals surface area contributed by atoms with Crippen molar-refractivity contribution in [3.63, 3.8) is 0 Å². The number of hydrogen-bond donors (Lipinski definition) is 2. The van der Waals surface area contributed by atoms with Gasteiger partial charge in [0.05, 0.1) is 0 Å². The van der Waals surface area contributed by atoms with Gasteiger partial charge in [-0.1, -0.05) is 6.07 Å². The number of fused-ring (bicyclic) bond motifs is 1. The van der Waals surface area contributed by atoms with Crippen LogP contribution in [0.1, 0.15) is 21.8 Å². The molecule has 4 rings (SSSR count). The summed E-state index contributed by atoms with van der Waals surface area (Å²) in [6.07, 6.45) is 4.63. The number of anilines is 1. The van der Waals surface area contributed by atoms with Crippen LogP contribution in [0.2, 0.25) is 0 Å². The molecule has 1 aliphatic rings. The van der Waals surface area contributed by atoms with E-state index in [0.717, 1.165) is 10.6 Å². The van der Waals surface area contributed by atoms with E-state index < -0.39 is 12.3 Å². The maximum absolute atomic E-state index is 12.7. The van der Waals surface area contributed by atoms with E-state index in [1.54, 1.807) is 37.8 Å². The van der Waals surface area contributed by atoms with Crippen molar-refractivity contribution in [1.29, 1.82) is 0 Å². The Bertz CT molecular complexity index is 965. The Balaban J connectivity index is 1.44. The molecule has 0 aliphatic carbocycles. The monoisotopic (exact) mass is 397 g/mol. The van der Waals surface area contributed by atoms with Crippen molar-refractivity contribution in [2.45, 2.75) is 18.7 Å². The predicted octanol–water partition coefficient (Wildman–Crippen LogP) is 1.53. The van der Waals surface area contributed by atoms with Crippen LogP contribution in [0.15, 0.2) is 48.9 Å². The third-order valence-corrected chi connectivity index (χ3v) is 5.40. The van der Waals surface area contributed by atoms with Gasteiger partial charge in [0, 0.05) is 42.6 Å². The van der Waals surface area contributed by atoms with Gasteiger partial charge in [-0.25, -0.2) is 9.97 Å². The fraction of sp³-hybridized carbons (Fsp3) is 0.263. The van der Waals surface area contributed by atoms with E-state index in [1.807, 2.05) is 18.2 Å². The van der Waals surface area contributed by atoms with Crippen LogP contribution in [0.5, 0.6) is 5.75 Å². The van der Waals surface area contributed by atoms with Crippen LogP contribution in [0.4, 0.5) is 5.82 Å². The lowest BCUT2D eigenvalue weighted by molar-refractivity contribution is -0.121. The number of carbonyl (C=O) groups is 1. The Morgan fingerprint density at radius 3 is 2.96 bits per heavy atom. The van der Waals surface area contributed by atoms with Crippen LogP contribution in [-0.2, 0) is 11.2 Å². The lowest BCUT2D eigenvalue weighted by Crippen LogP contribution is -2.48. The van der Waals surface area contributed by atoms with E-state index in [1.165, 1.54) is 16.2 Å². The number of pyridine rings is 2. The molecule has 4 heterocycles. The second kappa shape index (κ2) is 8.01. The molecule has 1 unspecified atom stereocenters. The first-order valence-corrected chi connectivity index (χ1v) is 9.57. The van der Waals surface area contributed by atoms with E-state index in [4.69, 9.17) is 4.74 Å². The molecule has 0 spiro atoms. The van der Waals surface area contributed by atoms with Gasteiger partial charge >= 0.3 is 0 Å². The zero-order valence-electron chi connectivity index (χ0n) is 15.1. The van der Waals surface area contributed by atoms with Gasteiger partial charge in [0.15, 0.2) is 17.8 Å². The molecule has 3 aromatic heterocycles. The second-order valence-corrected chi connectivity index (χ2v) is 7.46. The summed E-state index contributed by atoms with van der Waals surface area (Å²) in [6, 6.07) is 8.52. The summed E-state index contributed by atoms with van der Waals surface area (Å²) in [5, 5.41) is 13.9. The number of thiazole rings is 1. The Labute approximate surface area is 165 Å². The molecule has 0 bridgehead atoms. The largest absolute Gasteiger partial charge is 0.488 e. The van der Waals surface area contributed by atoms with Crippen molar-refractivity contribution in [3.8, 4) is 5.75 Å². The normalized spacial score (nSPS) is 17.6. The Morgan fingerprint density at radius 1 is 1.29 bits per heavy atom. The summed E-state index contributed by atoms with van der Waals surface area (Å²) < 4.78 is 5.70. The van der Waals surface area contributed by atoms with Crippen molar-refractivity contribution in [2.24, 2.45) is 0 Å². The number of hydrogen-bond acceptors (Lipinski definition) is 8. The minimum absolute atomic E-state index is 0.0884. The van der Waals surface area contributed by atoms with Crippen LogP contribution in [0.3, 0.4) is 0 Å². The maximum atomic E-state index is 12.7. The van der Waals surface area contributed by atoms with E-state index >= 15 is 0 Å². The van der Waals surface area contributed by atoms with Crippen molar-refractivity contribution in [1.82, 2.24) is 20.3 Å². The SMILES string of the molecule is CN1C(=O)[C@@H](NC(O)c2ncc(Cc3ccccn3)s2)COc2cccnc21. The van der Waals surface area contributed by atoms with Crippen LogP contribution >= 0.6 is 11.3 Å². The molecule has 2 N–H and O–H groups in total. The van der Waals surface area contributed by atoms with Crippen LogP contribution < -0.4 is 15.0 Å². The Hall–Kier alpha value is -2.88. The van der Waals surface area contributed by atoms with Crippen molar-refractivity contribution >= 4 is 23.1 Å². The van der Waals surface area contributed by atoms with Gasteiger partial charge in [-0.15, -0.1) is 11.3 Å². The lowest BCUT2D eigenvalue weighted by atomic mass is 10.2. The van der Waals surface area contributed by atoms with Gasteiger partial charge in [0.25, 0.3) is 0 Å². The highest BCUT2D eigenvalue weighted by Crippen LogP contribution is 2.28. The zero-order valence-corrected chi connectivity index (χ0v) is 16.0. The Morgan fingerprint density at radius 2 is 2.14 bits per heavy atom. The summed E-state index contributed by atoms with van der Waals surface area (Å²) in [6.45, 7) is 0.0884. The highest BCUT2D eigenvalue weighted by Gasteiger charge is 2.32. The molecular weight excluding hydrogens is 378 g/mol. The first-order valence-electron chi connectivity index (χ1n) is 8.76. The minimum atomic E-state index is -1.08. The lowest BCUT2D eigenvalue weighted by Gasteiger charge is -2.21. The third-order valence-electron chi connectivity index (χ3n) is 4.35. The highest BCUT2D eigenvalue weighted by molar-refractivity contribution is 7.11. The van der Waals surface area contributed by atoms with Crippen molar-refractivity contribution < 1.29 is 14.6 Å². The topological polar surface area (TPSA) is 100 Å². The number of aliphatic hydroxyl groups is 1. The summed E-state index contributed by atoms with van der Waals surface area (Å²) in [5.74, 6) is 0.754. The van der Waals surface area contributed by atoms with E-state index in [2.05, 4.69) is 20.3 Å². The van der Waals surface area contributed by atoms with E-state index in [9.17, 15) is 9.90 Å². The number of likely N-dealkylation sites (N-methyl/N-ethyl adjacent to an activating group) is 1. The number of rotatable bonds is 5. The second-order valence-electron chi connectivity index (χ2n) is 6.32. The predicted molar refractivity (Wildman–Crippen MR) is 104 cm³/mol. The molecule has 0 saturated heterocycles. The fourth-order valence-corrected chi connectivity index (χ4v) is 3.80. The quantitative estimate of drug-likeness (QED) is 0.630. The average molecular weight is 397 g/mol. The summed E-state index contributed by atoms with van der Waals surface area (Å²) in [7, 11) is 1.64. The summed E-state index contributed by atoms with van der Waals surface area (Å²) in [5.41, 5.74) is 0.930. The number of ether oxygens (including phenoxy) is 1. The van der Waals surface area contributed by atoms with Gasteiger partial charge in [-0.2, -0.15) is 0 Å². The molecule has 144 valence electrons. The highest BCUT2D eigenvalue weighted by atomic mass is 32.1. The number of aliphatic hydroxyl groups excluding tert-OH is 1. The van der Waals surface area contributed by atoms with Crippen molar-refractivity contribution in [2.75, 3.05) is 18.6 Å². The van der Waals surface area contributed by atoms with Crippen LogP contribution in [0, 0.1) is 0 Å². The first kappa shape index (κ1) is 18.5.